The van der Waals surface area contributed by atoms with Crippen LogP contribution < -0.4 is 5.32 Å². The van der Waals surface area contributed by atoms with Crippen molar-refractivity contribution in [2.45, 2.75) is 19.5 Å². The molecule has 2 heterocycles. The van der Waals surface area contributed by atoms with E-state index in [1.165, 1.54) is 6.07 Å². The van der Waals surface area contributed by atoms with Crippen molar-refractivity contribution in [3.8, 4) is 11.3 Å². The number of benzene rings is 1. The second kappa shape index (κ2) is 8.52. The molecule has 7 nitrogen and oxygen atoms in total. The van der Waals surface area contributed by atoms with E-state index in [-0.39, 0.29) is 30.0 Å². The van der Waals surface area contributed by atoms with Gasteiger partial charge in [0.25, 0.3) is 0 Å². The molecule has 0 aliphatic carbocycles. The molecule has 150 valence electrons. The van der Waals surface area contributed by atoms with Crippen molar-refractivity contribution in [2.24, 2.45) is 5.92 Å². The second-order valence-electron chi connectivity index (χ2n) is 7.43. The predicted molar refractivity (Wildman–Crippen MR) is 104 cm³/mol. The predicted octanol–water partition coefficient (Wildman–Crippen LogP) is 1.35. The Balaban J connectivity index is 1.68. The monoisotopic (exact) mass is 387 g/mol. The van der Waals surface area contributed by atoms with E-state index >= 15 is 0 Å². The zero-order chi connectivity index (χ0) is 20.3. The van der Waals surface area contributed by atoms with Crippen LogP contribution in [0.25, 0.3) is 11.3 Å². The molecular weight excluding hydrogens is 361 g/mol. The van der Waals surface area contributed by atoms with Crippen molar-refractivity contribution < 1.29 is 14.0 Å². The van der Waals surface area contributed by atoms with Crippen LogP contribution in [0.15, 0.2) is 30.3 Å². The number of aromatic nitrogens is 2. The molecule has 1 N–H and O–H groups in total. The highest BCUT2D eigenvalue weighted by Gasteiger charge is 2.31. The molecule has 0 unspecified atom stereocenters. The highest BCUT2D eigenvalue weighted by Crippen LogP contribution is 2.23. The topological polar surface area (TPSA) is 70.5 Å². The summed E-state index contributed by atoms with van der Waals surface area (Å²) in [4.78, 5) is 27.5. The fourth-order valence-corrected chi connectivity index (χ4v) is 3.37. The van der Waals surface area contributed by atoms with Crippen molar-refractivity contribution in [3.63, 3.8) is 0 Å². The van der Waals surface area contributed by atoms with E-state index in [2.05, 4.69) is 10.4 Å². The first-order valence-electron chi connectivity index (χ1n) is 9.33. The third-order valence-electron chi connectivity index (χ3n) is 4.83. The van der Waals surface area contributed by atoms with Gasteiger partial charge >= 0.3 is 0 Å². The summed E-state index contributed by atoms with van der Waals surface area (Å²) >= 11 is 0. The standard InChI is InChI=1S/C20H26FN5O2/c1-24(2)13-15-11-18(16-6-4-5-7-17(16)21)23-26(15)9-8-22-20(28)14-10-19(27)25(3)12-14/h4-7,11,14H,8-10,12-13H2,1-3H3,(H,22,28)/t14-/m0/s1. The molecule has 0 bridgehead atoms. The summed E-state index contributed by atoms with van der Waals surface area (Å²) in [6, 6.07) is 8.43. The van der Waals surface area contributed by atoms with Gasteiger partial charge in [-0.15, -0.1) is 0 Å². The molecule has 2 aromatic rings. The van der Waals surface area contributed by atoms with Crippen molar-refractivity contribution >= 4 is 11.8 Å². The van der Waals surface area contributed by atoms with E-state index in [1.54, 1.807) is 34.8 Å². The normalized spacial score (nSPS) is 16.8. The molecule has 2 amide bonds. The molecule has 0 spiro atoms. The number of likely N-dealkylation sites (tertiary alicyclic amines) is 1. The lowest BCUT2D eigenvalue weighted by Crippen LogP contribution is -2.34. The van der Waals surface area contributed by atoms with E-state index in [4.69, 9.17) is 0 Å². The molecule has 0 saturated carbocycles. The van der Waals surface area contributed by atoms with Crippen LogP contribution in [0.5, 0.6) is 0 Å². The SMILES string of the molecule is CN(C)Cc1cc(-c2ccccc2F)nn1CCNC(=O)[C@H]1CC(=O)N(C)C1. The largest absolute Gasteiger partial charge is 0.354 e. The molecule has 1 aliphatic rings. The maximum atomic E-state index is 14.1. The Kier molecular flexibility index (Phi) is 6.08. The van der Waals surface area contributed by atoms with Gasteiger partial charge in [0.15, 0.2) is 0 Å². The summed E-state index contributed by atoms with van der Waals surface area (Å²) in [5.74, 6) is -0.736. The van der Waals surface area contributed by atoms with Gasteiger partial charge in [-0.25, -0.2) is 4.39 Å². The first kappa shape index (κ1) is 20.0. The van der Waals surface area contributed by atoms with Gasteiger partial charge in [0, 0.05) is 38.7 Å². The van der Waals surface area contributed by atoms with Gasteiger partial charge in [-0.05, 0) is 32.3 Å². The fraction of sp³-hybridized carbons (Fsp3) is 0.450. The zero-order valence-electron chi connectivity index (χ0n) is 16.5. The van der Waals surface area contributed by atoms with E-state index in [0.29, 0.717) is 37.4 Å². The minimum Gasteiger partial charge on any atom is -0.354 e. The number of carbonyl (C=O) groups is 2. The average Bonchev–Trinajstić information content (AvgIpc) is 3.18. The van der Waals surface area contributed by atoms with Crippen LogP contribution in [0.3, 0.4) is 0 Å². The number of carbonyl (C=O) groups excluding carboxylic acids is 2. The number of nitrogens with zero attached hydrogens (tertiary/aromatic N) is 4. The molecule has 1 atom stereocenters. The van der Waals surface area contributed by atoms with Gasteiger partial charge in [-0.2, -0.15) is 5.10 Å². The van der Waals surface area contributed by atoms with Crippen molar-refractivity contribution in [1.29, 1.82) is 0 Å². The minimum atomic E-state index is -0.313. The zero-order valence-corrected chi connectivity index (χ0v) is 16.5. The molecule has 1 saturated heterocycles. The van der Waals surface area contributed by atoms with Crippen LogP contribution >= 0.6 is 0 Å². The quantitative estimate of drug-likeness (QED) is 0.779. The molecular formula is C20H26FN5O2. The van der Waals surface area contributed by atoms with Gasteiger partial charge in [0.1, 0.15) is 5.82 Å². The summed E-state index contributed by atoms with van der Waals surface area (Å²) in [5, 5.41) is 7.44. The highest BCUT2D eigenvalue weighted by atomic mass is 19.1. The lowest BCUT2D eigenvalue weighted by atomic mass is 10.1. The molecule has 0 radical (unpaired) electrons. The molecule has 28 heavy (non-hydrogen) atoms. The lowest BCUT2D eigenvalue weighted by molar-refractivity contribution is -0.128. The van der Waals surface area contributed by atoms with Gasteiger partial charge in [-0.1, -0.05) is 12.1 Å². The summed E-state index contributed by atoms with van der Waals surface area (Å²) in [5.41, 5.74) is 1.97. The average molecular weight is 387 g/mol. The Bertz CT molecular complexity index is 864. The maximum absolute atomic E-state index is 14.1. The third-order valence-corrected chi connectivity index (χ3v) is 4.83. The van der Waals surface area contributed by atoms with Gasteiger partial charge < -0.3 is 15.1 Å². The summed E-state index contributed by atoms with van der Waals surface area (Å²) < 4.78 is 15.9. The summed E-state index contributed by atoms with van der Waals surface area (Å²) in [6.07, 6.45) is 0.257. The minimum absolute atomic E-state index is 0.00461. The molecule has 8 heteroatoms. The second-order valence-corrected chi connectivity index (χ2v) is 7.43. The smallest absolute Gasteiger partial charge is 0.225 e. The van der Waals surface area contributed by atoms with Crippen LogP contribution in [0, 0.1) is 11.7 Å². The van der Waals surface area contributed by atoms with Gasteiger partial charge in [0.2, 0.25) is 11.8 Å². The molecule has 1 fully saturated rings. The summed E-state index contributed by atoms with van der Waals surface area (Å²) in [6.45, 7) is 1.97. The van der Waals surface area contributed by atoms with E-state index in [9.17, 15) is 14.0 Å². The Hall–Kier alpha value is -2.74. The maximum Gasteiger partial charge on any atom is 0.225 e. The number of halogens is 1. The van der Waals surface area contributed by atoms with Crippen LogP contribution in [-0.4, -0.2) is 65.6 Å². The Morgan fingerprint density at radius 2 is 2.11 bits per heavy atom. The van der Waals surface area contributed by atoms with Crippen LogP contribution in [0.2, 0.25) is 0 Å². The van der Waals surface area contributed by atoms with Crippen LogP contribution in [-0.2, 0) is 22.7 Å². The molecule has 1 aromatic heterocycles. The van der Waals surface area contributed by atoms with Crippen LogP contribution in [0.4, 0.5) is 4.39 Å². The number of hydrogen-bond acceptors (Lipinski definition) is 4. The number of hydrogen-bond donors (Lipinski definition) is 1. The lowest BCUT2D eigenvalue weighted by Gasteiger charge is -2.14. The Morgan fingerprint density at radius 3 is 2.75 bits per heavy atom. The Labute approximate surface area is 164 Å². The van der Waals surface area contributed by atoms with E-state index in [1.807, 2.05) is 25.1 Å². The first-order valence-corrected chi connectivity index (χ1v) is 9.33. The summed E-state index contributed by atoms with van der Waals surface area (Å²) in [7, 11) is 5.61. The molecule has 1 aromatic carbocycles. The molecule has 1 aliphatic heterocycles. The van der Waals surface area contributed by atoms with Gasteiger partial charge in [0.05, 0.1) is 23.9 Å². The highest BCUT2D eigenvalue weighted by molar-refractivity contribution is 5.89. The number of nitrogens with one attached hydrogen (secondary N) is 1. The van der Waals surface area contributed by atoms with Crippen LogP contribution in [0.1, 0.15) is 12.1 Å². The van der Waals surface area contributed by atoms with Crippen molar-refractivity contribution in [1.82, 2.24) is 24.9 Å². The third kappa shape index (κ3) is 4.56. The van der Waals surface area contributed by atoms with Gasteiger partial charge in [-0.3, -0.25) is 14.3 Å². The van der Waals surface area contributed by atoms with E-state index < -0.39 is 0 Å². The van der Waals surface area contributed by atoms with E-state index in [0.717, 1.165) is 5.69 Å². The Morgan fingerprint density at radius 1 is 1.36 bits per heavy atom. The molecule has 3 rings (SSSR count). The number of amides is 2. The first-order chi connectivity index (χ1) is 13.3. The van der Waals surface area contributed by atoms with Crippen molar-refractivity contribution in [3.05, 3.63) is 41.8 Å². The van der Waals surface area contributed by atoms with Crippen molar-refractivity contribution in [2.75, 3.05) is 34.2 Å². The fourth-order valence-electron chi connectivity index (χ4n) is 3.37. The number of rotatable bonds is 7.